The molecule has 1 saturated heterocycles. The van der Waals surface area contributed by atoms with E-state index in [-0.39, 0.29) is 37.7 Å². The molecule has 16 nitrogen and oxygen atoms in total. The van der Waals surface area contributed by atoms with Crippen molar-refractivity contribution in [2.24, 2.45) is 5.92 Å². The molecule has 2 aliphatic rings. The highest BCUT2D eigenvalue weighted by Gasteiger charge is 2.50. The van der Waals surface area contributed by atoms with Gasteiger partial charge in [-0.1, -0.05) is 58.3 Å². The normalized spacial score (nSPS) is 19.7. The summed E-state index contributed by atoms with van der Waals surface area (Å²) in [5, 5.41) is 12.3. The first-order valence-corrected chi connectivity index (χ1v) is 19.0. The number of rotatable bonds is 21. The summed E-state index contributed by atoms with van der Waals surface area (Å²) in [5.41, 5.74) is 1.05. The van der Waals surface area contributed by atoms with Crippen molar-refractivity contribution in [3.8, 4) is 0 Å². The quantitative estimate of drug-likeness (QED) is 0.0365. The monoisotopic (exact) mass is 743 g/mol. The maximum atomic E-state index is 13.9. The molecule has 0 spiro atoms. The van der Waals surface area contributed by atoms with E-state index in [2.05, 4.69) is 14.9 Å². The lowest BCUT2D eigenvalue weighted by Crippen LogP contribution is -2.55. The lowest BCUT2D eigenvalue weighted by Gasteiger charge is -2.32. The molecule has 0 radical (unpaired) electrons. The van der Waals surface area contributed by atoms with Gasteiger partial charge in [-0.25, -0.2) is 14.4 Å². The summed E-state index contributed by atoms with van der Waals surface area (Å²) in [4.78, 5) is 79.4. The number of fused-ring (bicyclic) bond motifs is 1. The van der Waals surface area contributed by atoms with Crippen LogP contribution in [-0.2, 0) is 54.1 Å². The molecule has 1 aliphatic heterocycles. The molecule has 1 N–H and O–H groups in total. The number of nitrogens with zero attached hydrogens (tertiary/aromatic N) is 2. The molecule has 1 amide bonds. The highest BCUT2D eigenvalue weighted by molar-refractivity contribution is 8.76. The number of ether oxygens (including phenoxy) is 5. The van der Waals surface area contributed by atoms with Crippen molar-refractivity contribution < 1.29 is 57.6 Å². The Morgan fingerprint density at radius 1 is 1.00 bits per heavy atom. The van der Waals surface area contributed by atoms with Crippen LogP contribution in [0.1, 0.15) is 58.4 Å². The van der Waals surface area contributed by atoms with E-state index in [1.54, 1.807) is 18.7 Å². The van der Waals surface area contributed by atoms with Gasteiger partial charge in [0, 0.05) is 17.5 Å². The van der Waals surface area contributed by atoms with E-state index in [4.69, 9.17) is 18.9 Å². The maximum Gasteiger partial charge on any atom is 0.510 e. The number of hydrogen-bond donors (Lipinski definition) is 1. The molecule has 1 unspecified atom stereocenters. The SMILES string of the molecule is CCOC(=O)[C@H](CCc1ccccc1)N[C@@H](C)C(=O)N1C(C(=O)OCC(=O)OCCSSCCOC(=O)O[C@H](C)O[N+](=O)[O-])C[C@@H]2CCC[C@@H]21. The van der Waals surface area contributed by atoms with Gasteiger partial charge >= 0.3 is 24.1 Å². The Kier molecular flexibility index (Phi) is 17.4. The Bertz CT molecular complexity index is 1290. The third-order valence-electron chi connectivity index (χ3n) is 8.05. The molecule has 0 aromatic heterocycles. The van der Waals surface area contributed by atoms with Gasteiger partial charge in [0.2, 0.25) is 12.2 Å². The molecule has 0 bridgehead atoms. The zero-order valence-electron chi connectivity index (χ0n) is 28.4. The van der Waals surface area contributed by atoms with Crippen LogP contribution in [0.15, 0.2) is 30.3 Å². The minimum Gasteiger partial charge on any atom is -0.465 e. The third-order valence-corrected chi connectivity index (χ3v) is 10.4. The first-order valence-electron chi connectivity index (χ1n) is 16.5. The first kappa shape index (κ1) is 40.7. The second kappa shape index (κ2) is 21.4. The van der Waals surface area contributed by atoms with Crippen molar-refractivity contribution in [1.29, 1.82) is 0 Å². The zero-order chi connectivity index (χ0) is 36.5. The minimum atomic E-state index is -1.40. The van der Waals surface area contributed by atoms with Crippen molar-refractivity contribution in [3.05, 3.63) is 46.0 Å². The van der Waals surface area contributed by atoms with Gasteiger partial charge in [-0.05, 0) is 64.4 Å². The first-order chi connectivity index (χ1) is 24.0. The number of hydrogen-bond acceptors (Lipinski definition) is 16. The molecule has 18 heteroatoms. The van der Waals surface area contributed by atoms with Crippen molar-refractivity contribution >= 4 is 51.6 Å². The van der Waals surface area contributed by atoms with Gasteiger partial charge in [-0.2, -0.15) is 0 Å². The van der Waals surface area contributed by atoms with E-state index >= 15 is 0 Å². The number of aryl methyl sites for hydroxylation is 1. The number of esters is 3. The Morgan fingerprint density at radius 2 is 1.70 bits per heavy atom. The molecular formula is C32H45N3O13S2. The Morgan fingerprint density at radius 3 is 2.38 bits per heavy atom. The van der Waals surface area contributed by atoms with E-state index in [0.717, 1.165) is 24.8 Å². The van der Waals surface area contributed by atoms with Gasteiger partial charge in [-0.15, -0.1) is 10.1 Å². The molecule has 278 valence electrons. The van der Waals surface area contributed by atoms with Crippen molar-refractivity contribution in [3.63, 3.8) is 0 Å². The summed E-state index contributed by atoms with van der Waals surface area (Å²) in [5.74, 6) is -1.24. The van der Waals surface area contributed by atoms with Crippen molar-refractivity contribution in [2.45, 2.75) is 89.8 Å². The van der Waals surface area contributed by atoms with E-state index < -0.39 is 60.2 Å². The smallest absolute Gasteiger partial charge is 0.465 e. The summed E-state index contributed by atoms with van der Waals surface area (Å²) in [6, 6.07) is 7.22. The Labute approximate surface area is 298 Å². The molecule has 50 heavy (non-hydrogen) atoms. The number of carbonyl (C=O) groups is 5. The number of likely N-dealkylation sites (tertiary alicyclic amines) is 1. The molecule has 1 aromatic rings. The number of benzene rings is 1. The average Bonchev–Trinajstić information content (AvgIpc) is 3.68. The van der Waals surface area contributed by atoms with E-state index in [0.29, 0.717) is 30.8 Å². The lowest BCUT2D eigenvalue weighted by molar-refractivity contribution is -0.777. The topological polar surface area (TPSA) is 199 Å². The van der Waals surface area contributed by atoms with Crippen LogP contribution in [0, 0.1) is 16.0 Å². The maximum absolute atomic E-state index is 13.9. The summed E-state index contributed by atoms with van der Waals surface area (Å²) < 4.78 is 25.0. The second-order valence-corrected chi connectivity index (χ2v) is 14.3. The van der Waals surface area contributed by atoms with Gasteiger partial charge in [0.15, 0.2) is 6.61 Å². The van der Waals surface area contributed by atoms with Crippen LogP contribution < -0.4 is 5.32 Å². The minimum absolute atomic E-state index is 0.0189. The lowest BCUT2D eigenvalue weighted by atomic mass is 10.0. The summed E-state index contributed by atoms with van der Waals surface area (Å²) >= 11 is 0. The largest absolute Gasteiger partial charge is 0.510 e. The van der Waals surface area contributed by atoms with Gasteiger partial charge < -0.3 is 28.6 Å². The standard InChI is InChI=1S/C32H45N3O13S2/c1-4-43-30(38)25(14-13-23-9-6-5-7-10-23)33-21(2)29(37)34-26-12-8-11-24(26)19-27(34)31(39)46-20-28(36)44-15-17-49-50-18-16-45-32(40)47-22(3)48-35(41)42/h5-7,9-10,21-22,24-27,33H,4,8,11-20H2,1-3H3/t21-,22-,24-,25-,26-,27?/m0/s1. The molecular weight excluding hydrogens is 698 g/mol. The summed E-state index contributed by atoms with van der Waals surface area (Å²) in [7, 11) is 2.68. The molecule has 2 fully saturated rings. The van der Waals surface area contributed by atoms with Crippen LogP contribution in [0.2, 0.25) is 0 Å². The van der Waals surface area contributed by atoms with E-state index in [1.807, 2.05) is 30.3 Å². The van der Waals surface area contributed by atoms with Crippen LogP contribution in [0.5, 0.6) is 0 Å². The average molecular weight is 744 g/mol. The van der Waals surface area contributed by atoms with Crippen molar-refractivity contribution in [2.75, 3.05) is 37.9 Å². The molecule has 3 rings (SSSR count). The Hall–Kier alpha value is -3.77. The second-order valence-electron chi connectivity index (χ2n) is 11.6. The fraction of sp³-hybridized carbons (Fsp3) is 0.656. The predicted octanol–water partition coefficient (Wildman–Crippen LogP) is 3.47. The molecule has 1 saturated carbocycles. The van der Waals surface area contributed by atoms with Crippen LogP contribution in [-0.4, -0.2) is 108 Å². The van der Waals surface area contributed by atoms with Crippen LogP contribution >= 0.6 is 21.6 Å². The fourth-order valence-corrected chi connectivity index (χ4v) is 7.58. The van der Waals surface area contributed by atoms with Crippen molar-refractivity contribution in [1.82, 2.24) is 10.2 Å². The number of carbonyl (C=O) groups excluding carboxylic acids is 5. The Balaban J connectivity index is 1.41. The molecule has 1 aliphatic carbocycles. The van der Waals surface area contributed by atoms with Gasteiger partial charge in [0.1, 0.15) is 25.3 Å². The van der Waals surface area contributed by atoms with Gasteiger partial charge in [-0.3, -0.25) is 19.7 Å². The number of amides is 1. The van der Waals surface area contributed by atoms with Gasteiger partial charge in [0.05, 0.1) is 12.6 Å². The zero-order valence-corrected chi connectivity index (χ0v) is 30.0. The van der Waals surface area contributed by atoms with Crippen LogP contribution in [0.3, 0.4) is 0 Å². The van der Waals surface area contributed by atoms with E-state index in [1.165, 1.54) is 28.5 Å². The molecule has 6 atom stereocenters. The fourth-order valence-electron chi connectivity index (χ4n) is 5.93. The number of nitrogens with one attached hydrogen (secondary N) is 1. The highest BCUT2D eigenvalue weighted by atomic mass is 33.1. The van der Waals surface area contributed by atoms with Gasteiger partial charge in [0.25, 0.3) is 5.09 Å². The highest BCUT2D eigenvalue weighted by Crippen LogP contribution is 2.42. The summed E-state index contributed by atoms with van der Waals surface area (Å²) in [6.45, 7) is 4.20. The predicted molar refractivity (Wildman–Crippen MR) is 181 cm³/mol. The summed E-state index contributed by atoms with van der Waals surface area (Å²) in [6.07, 6.45) is 1.54. The molecule has 1 heterocycles. The molecule has 1 aromatic carbocycles. The van der Waals surface area contributed by atoms with Crippen LogP contribution in [0.25, 0.3) is 0 Å². The third kappa shape index (κ3) is 13.5. The van der Waals surface area contributed by atoms with Crippen LogP contribution in [0.4, 0.5) is 4.79 Å². The van der Waals surface area contributed by atoms with E-state index in [9.17, 15) is 34.1 Å².